The standard InChI is InChI=1S/C20H25N5O2/c1-15(26)21-13-16-3-5-17(6-4-16)20(27)23-18-7-8-19(22-14-18)25-11-9-24(2)10-12-25/h3-8,14H,9-13H2,1-2H3,(H,21,26)(H,23,27). The summed E-state index contributed by atoms with van der Waals surface area (Å²) in [6.45, 7) is 5.90. The summed E-state index contributed by atoms with van der Waals surface area (Å²) in [5.74, 6) is 0.669. The summed E-state index contributed by atoms with van der Waals surface area (Å²) in [7, 11) is 2.12. The SMILES string of the molecule is CC(=O)NCc1ccc(C(=O)Nc2ccc(N3CCN(C)CC3)nc2)cc1. The molecular weight excluding hydrogens is 342 g/mol. The van der Waals surface area contributed by atoms with Gasteiger partial charge in [-0.1, -0.05) is 12.1 Å². The molecule has 3 rings (SSSR count). The molecule has 27 heavy (non-hydrogen) atoms. The zero-order valence-corrected chi connectivity index (χ0v) is 15.7. The van der Waals surface area contributed by atoms with Gasteiger partial charge < -0.3 is 20.4 Å². The molecule has 1 aliphatic rings. The summed E-state index contributed by atoms with van der Waals surface area (Å²) in [4.78, 5) is 32.4. The van der Waals surface area contributed by atoms with E-state index in [0.717, 1.165) is 37.6 Å². The van der Waals surface area contributed by atoms with E-state index < -0.39 is 0 Å². The van der Waals surface area contributed by atoms with Crippen molar-refractivity contribution in [1.82, 2.24) is 15.2 Å². The third-order valence-electron chi connectivity index (χ3n) is 4.59. The predicted octanol–water partition coefficient (Wildman–Crippen LogP) is 1.72. The number of carbonyl (C=O) groups excluding carboxylic acids is 2. The summed E-state index contributed by atoms with van der Waals surface area (Å²) in [6, 6.07) is 11.0. The summed E-state index contributed by atoms with van der Waals surface area (Å²) in [5.41, 5.74) is 2.17. The highest BCUT2D eigenvalue weighted by atomic mass is 16.2. The number of anilines is 2. The van der Waals surface area contributed by atoms with Gasteiger partial charge in [0.15, 0.2) is 0 Å². The lowest BCUT2D eigenvalue weighted by Gasteiger charge is -2.33. The molecule has 1 aromatic carbocycles. The number of hydrogen-bond donors (Lipinski definition) is 2. The van der Waals surface area contributed by atoms with Crippen LogP contribution in [0.1, 0.15) is 22.8 Å². The second kappa shape index (κ2) is 8.64. The van der Waals surface area contributed by atoms with Crippen molar-refractivity contribution in [3.05, 3.63) is 53.7 Å². The minimum Gasteiger partial charge on any atom is -0.354 e. The summed E-state index contributed by atoms with van der Waals surface area (Å²) in [6.07, 6.45) is 1.69. The molecule has 2 amide bonds. The smallest absolute Gasteiger partial charge is 0.255 e. The van der Waals surface area contributed by atoms with Crippen molar-refractivity contribution >= 4 is 23.3 Å². The number of benzene rings is 1. The van der Waals surface area contributed by atoms with Crippen molar-refractivity contribution in [3.63, 3.8) is 0 Å². The predicted molar refractivity (Wildman–Crippen MR) is 106 cm³/mol. The number of aromatic nitrogens is 1. The number of rotatable bonds is 5. The van der Waals surface area contributed by atoms with Crippen LogP contribution in [0.25, 0.3) is 0 Å². The van der Waals surface area contributed by atoms with Gasteiger partial charge in [0.05, 0.1) is 11.9 Å². The Bertz CT molecular complexity index is 781. The van der Waals surface area contributed by atoms with Crippen LogP contribution in [0, 0.1) is 0 Å². The van der Waals surface area contributed by atoms with Gasteiger partial charge >= 0.3 is 0 Å². The molecule has 1 aliphatic heterocycles. The molecule has 142 valence electrons. The third-order valence-corrected chi connectivity index (χ3v) is 4.59. The van der Waals surface area contributed by atoms with Crippen LogP contribution in [0.3, 0.4) is 0 Å². The van der Waals surface area contributed by atoms with Gasteiger partial charge in [0.25, 0.3) is 5.91 Å². The second-order valence-electron chi connectivity index (χ2n) is 6.76. The van der Waals surface area contributed by atoms with Gasteiger partial charge in [-0.05, 0) is 36.9 Å². The summed E-state index contributed by atoms with van der Waals surface area (Å²) >= 11 is 0. The minimum absolute atomic E-state index is 0.0793. The number of amides is 2. The molecule has 0 saturated carbocycles. The maximum absolute atomic E-state index is 12.4. The average molecular weight is 367 g/mol. The van der Waals surface area contributed by atoms with E-state index in [9.17, 15) is 9.59 Å². The number of nitrogens with one attached hydrogen (secondary N) is 2. The van der Waals surface area contributed by atoms with Crippen LogP contribution in [0.5, 0.6) is 0 Å². The molecule has 2 heterocycles. The highest BCUT2D eigenvalue weighted by Gasteiger charge is 2.15. The molecule has 0 unspecified atom stereocenters. The highest BCUT2D eigenvalue weighted by molar-refractivity contribution is 6.04. The molecule has 0 spiro atoms. The fourth-order valence-corrected chi connectivity index (χ4v) is 2.89. The van der Waals surface area contributed by atoms with Gasteiger partial charge in [0, 0.05) is 45.2 Å². The van der Waals surface area contributed by atoms with Crippen molar-refractivity contribution in [1.29, 1.82) is 0 Å². The molecule has 7 nitrogen and oxygen atoms in total. The van der Waals surface area contributed by atoms with Crippen LogP contribution in [0.15, 0.2) is 42.6 Å². The lowest BCUT2D eigenvalue weighted by atomic mass is 10.1. The molecule has 2 N–H and O–H groups in total. The monoisotopic (exact) mass is 367 g/mol. The van der Waals surface area contributed by atoms with E-state index in [2.05, 4.69) is 32.5 Å². The van der Waals surface area contributed by atoms with E-state index in [0.29, 0.717) is 17.8 Å². The lowest BCUT2D eigenvalue weighted by Crippen LogP contribution is -2.44. The topological polar surface area (TPSA) is 77.6 Å². The Morgan fingerprint density at radius 1 is 1.04 bits per heavy atom. The second-order valence-corrected chi connectivity index (χ2v) is 6.76. The average Bonchev–Trinajstić information content (AvgIpc) is 2.68. The molecule has 1 aromatic heterocycles. The first-order valence-corrected chi connectivity index (χ1v) is 9.05. The first-order valence-electron chi connectivity index (χ1n) is 9.05. The van der Waals surface area contributed by atoms with Crippen LogP contribution in [0.4, 0.5) is 11.5 Å². The van der Waals surface area contributed by atoms with Gasteiger partial charge in [-0.15, -0.1) is 0 Å². The molecular formula is C20H25N5O2. The number of piperazine rings is 1. The number of pyridine rings is 1. The summed E-state index contributed by atoms with van der Waals surface area (Å²) in [5, 5.41) is 5.60. The van der Waals surface area contributed by atoms with Crippen LogP contribution in [-0.4, -0.2) is 54.9 Å². The Kier molecular flexibility index (Phi) is 6.03. The van der Waals surface area contributed by atoms with Crippen LogP contribution < -0.4 is 15.5 Å². The van der Waals surface area contributed by atoms with Crippen LogP contribution >= 0.6 is 0 Å². The number of likely N-dealkylation sites (N-methyl/N-ethyl adjacent to an activating group) is 1. The van der Waals surface area contributed by atoms with Crippen molar-refractivity contribution < 1.29 is 9.59 Å². The van der Waals surface area contributed by atoms with Gasteiger partial charge in [0.2, 0.25) is 5.91 Å². The minimum atomic E-state index is -0.185. The largest absolute Gasteiger partial charge is 0.354 e. The molecule has 0 atom stereocenters. The van der Waals surface area contributed by atoms with E-state index in [1.165, 1.54) is 6.92 Å². The van der Waals surface area contributed by atoms with Crippen molar-refractivity contribution in [2.24, 2.45) is 0 Å². The highest BCUT2D eigenvalue weighted by Crippen LogP contribution is 2.16. The molecule has 0 radical (unpaired) electrons. The maximum Gasteiger partial charge on any atom is 0.255 e. The van der Waals surface area contributed by atoms with Crippen LogP contribution in [0.2, 0.25) is 0 Å². The molecule has 7 heteroatoms. The van der Waals surface area contributed by atoms with Gasteiger partial charge in [0.1, 0.15) is 5.82 Å². The van der Waals surface area contributed by atoms with E-state index in [1.54, 1.807) is 18.3 Å². The molecule has 1 saturated heterocycles. The first-order chi connectivity index (χ1) is 13.0. The zero-order valence-electron chi connectivity index (χ0n) is 15.7. The van der Waals surface area contributed by atoms with Crippen LogP contribution in [-0.2, 0) is 11.3 Å². The van der Waals surface area contributed by atoms with Crippen molar-refractivity contribution in [2.45, 2.75) is 13.5 Å². The number of carbonyl (C=O) groups is 2. The third kappa shape index (κ3) is 5.27. The number of hydrogen-bond acceptors (Lipinski definition) is 5. The fourth-order valence-electron chi connectivity index (χ4n) is 2.89. The van der Waals surface area contributed by atoms with Gasteiger partial charge in [-0.2, -0.15) is 0 Å². The Morgan fingerprint density at radius 2 is 1.74 bits per heavy atom. The fraction of sp³-hybridized carbons (Fsp3) is 0.350. The number of nitrogens with zero attached hydrogens (tertiary/aromatic N) is 3. The Labute approximate surface area is 159 Å². The Balaban J connectivity index is 1.56. The lowest BCUT2D eigenvalue weighted by molar-refractivity contribution is -0.119. The van der Waals surface area contributed by atoms with Crippen molar-refractivity contribution in [2.75, 3.05) is 43.4 Å². The normalized spacial score (nSPS) is 14.7. The first kappa shape index (κ1) is 18.8. The Hall–Kier alpha value is -2.93. The molecule has 2 aromatic rings. The van der Waals surface area contributed by atoms with E-state index >= 15 is 0 Å². The molecule has 0 aliphatic carbocycles. The van der Waals surface area contributed by atoms with E-state index in [4.69, 9.17) is 0 Å². The summed E-state index contributed by atoms with van der Waals surface area (Å²) < 4.78 is 0. The van der Waals surface area contributed by atoms with Gasteiger partial charge in [-0.25, -0.2) is 4.98 Å². The van der Waals surface area contributed by atoms with E-state index in [1.807, 2.05) is 24.3 Å². The zero-order chi connectivity index (χ0) is 19.2. The van der Waals surface area contributed by atoms with Crippen molar-refractivity contribution in [3.8, 4) is 0 Å². The molecule has 0 bridgehead atoms. The molecule has 1 fully saturated rings. The maximum atomic E-state index is 12.4. The Morgan fingerprint density at radius 3 is 2.33 bits per heavy atom. The van der Waals surface area contributed by atoms with Gasteiger partial charge in [-0.3, -0.25) is 9.59 Å². The van der Waals surface area contributed by atoms with E-state index in [-0.39, 0.29) is 11.8 Å². The quantitative estimate of drug-likeness (QED) is 0.841.